The molecule has 0 atom stereocenters. The summed E-state index contributed by atoms with van der Waals surface area (Å²) in [7, 11) is 0. The van der Waals surface area contributed by atoms with Crippen molar-refractivity contribution in [3.8, 4) is 0 Å². The van der Waals surface area contributed by atoms with E-state index in [4.69, 9.17) is 0 Å². The Labute approximate surface area is 74.8 Å². The number of pyridine rings is 1. The fraction of sp³-hybridized carbons (Fsp3) is 0.545. The Balaban J connectivity index is 0.000000213. The van der Waals surface area contributed by atoms with Gasteiger partial charge in [-0.05, 0) is 30.9 Å². The fourth-order valence-electron chi connectivity index (χ4n) is 1.37. The molecule has 1 heterocycles. The molecule has 0 saturated carbocycles. The van der Waals surface area contributed by atoms with E-state index in [1.165, 1.54) is 36.9 Å². The molecule has 0 unspecified atom stereocenters. The molecule has 1 aliphatic carbocycles. The van der Waals surface area contributed by atoms with Crippen LogP contribution in [0.4, 0.5) is 0 Å². The maximum Gasteiger partial charge on any atom is 0.0435 e. The van der Waals surface area contributed by atoms with E-state index in [0.717, 1.165) is 0 Å². The molecule has 0 aliphatic heterocycles. The van der Waals surface area contributed by atoms with Crippen molar-refractivity contribution >= 4 is 0 Å². The van der Waals surface area contributed by atoms with Gasteiger partial charge in [0.1, 0.15) is 0 Å². The highest BCUT2D eigenvalue weighted by atomic mass is 14.7. The first-order valence-electron chi connectivity index (χ1n) is 4.81. The first-order valence-corrected chi connectivity index (χ1v) is 4.81. The Morgan fingerprint density at radius 1 is 1.33 bits per heavy atom. The normalized spacial score (nSPS) is 13.2. The van der Waals surface area contributed by atoms with Crippen molar-refractivity contribution < 1.29 is 0 Å². The summed E-state index contributed by atoms with van der Waals surface area (Å²) in [6.45, 7) is 4.25. The van der Waals surface area contributed by atoms with Crippen LogP contribution in [0.2, 0.25) is 0 Å². The number of aromatic nitrogens is 1. The molecule has 66 valence electrons. The van der Waals surface area contributed by atoms with Gasteiger partial charge in [0.15, 0.2) is 0 Å². The van der Waals surface area contributed by atoms with Crippen molar-refractivity contribution in [2.45, 2.75) is 39.5 Å². The molecule has 0 N–H and O–H groups in total. The molecule has 0 bridgehead atoms. The quantitative estimate of drug-likeness (QED) is 0.573. The number of fused-ring (bicyclic) bond motifs is 1. The van der Waals surface area contributed by atoms with Crippen molar-refractivity contribution in [2.24, 2.45) is 0 Å². The minimum atomic E-state index is 1.19. The molecule has 1 nitrogen and oxygen atoms in total. The zero-order valence-corrected chi connectivity index (χ0v) is 8.01. The van der Waals surface area contributed by atoms with Gasteiger partial charge in [-0.1, -0.05) is 26.3 Å². The van der Waals surface area contributed by atoms with Crippen LogP contribution in [0.25, 0.3) is 0 Å². The lowest BCUT2D eigenvalue weighted by molar-refractivity contribution is 0.899. The second-order valence-electron chi connectivity index (χ2n) is 3.17. The van der Waals surface area contributed by atoms with Gasteiger partial charge in [-0.25, -0.2) is 0 Å². The van der Waals surface area contributed by atoms with Crippen molar-refractivity contribution in [1.29, 1.82) is 0 Å². The maximum atomic E-state index is 4.26. The predicted octanol–water partition coefficient (Wildman–Crippen LogP) is 2.99. The first-order chi connectivity index (χ1) is 5.88. The number of aryl methyl sites for hydroxylation is 2. The molecule has 1 aliphatic rings. The van der Waals surface area contributed by atoms with Crippen LogP contribution in [0.15, 0.2) is 18.3 Å². The van der Waals surface area contributed by atoms with Gasteiger partial charge >= 0.3 is 0 Å². The summed E-state index contributed by atoms with van der Waals surface area (Å²) in [5, 5.41) is 0. The van der Waals surface area contributed by atoms with E-state index in [1.54, 1.807) is 0 Å². The van der Waals surface area contributed by atoms with E-state index < -0.39 is 0 Å². The minimum absolute atomic E-state index is 1.19. The van der Waals surface area contributed by atoms with Gasteiger partial charge in [0.25, 0.3) is 0 Å². The zero-order valence-electron chi connectivity index (χ0n) is 8.01. The largest absolute Gasteiger partial charge is 0.261 e. The molecular weight excluding hydrogens is 146 g/mol. The fourth-order valence-corrected chi connectivity index (χ4v) is 1.37. The summed E-state index contributed by atoms with van der Waals surface area (Å²) in [6.07, 6.45) is 6.86. The Hall–Kier alpha value is -0.850. The average Bonchev–Trinajstić information content (AvgIpc) is 2.52. The molecule has 12 heavy (non-hydrogen) atoms. The highest BCUT2D eigenvalue weighted by molar-refractivity contribution is 5.23. The Kier molecular flexibility index (Phi) is 3.78. The molecule has 0 spiro atoms. The molecule has 0 saturated heterocycles. The van der Waals surface area contributed by atoms with Gasteiger partial charge in [0.05, 0.1) is 0 Å². The maximum absolute atomic E-state index is 4.26. The number of nitrogens with zero attached hydrogens (tertiary/aromatic N) is 1. The van der Waals surface area contributed by atoms with E-state index in [1.807, 2.05) is 12.3 Å². The third kappa shape index (κ3) is 2.33. The first kappa shape index (κ1) is 9.24. The Bertz CT molecular complexity index is 207. The SMILES string of the molecule is CCC.c1cnc2c(c1)CCC2. The van der Waals surface area contributed by atoms with Gasteiger partial charge in [-0.2, -0.15) is 0 Å². The van der Waals surface area contributed by atoms with Crippen LogP contribution in [0.1, 0.15) is 37.9 Å². The monoisotopic (exact) mass is 163 g/mol. The highest BCUT2D eigenvalue weighted by Crippen LogP contribution is 2.17. The van der Waals surface area contributed by atoms with Crippen LogP contribution >= 0.6 is 0 Å². The molecule has 0 radical (unpaired) electrons. The van der Waals surface area contributed by atoms with E-state index in [-0.39, 0.29) is 0 Å². The van der Waals surface area contributed by atoms with Crippen LogP contribution in [0.5, 0.6) is 0 Å². The minimum Gasteiger partial charge on any atom is -0.261 e. The summed E-state index contributed by atoms with van der Waals surface area (Å²) >= 11 is 0. The molecule has 1 aromatic rings. The van der Waals surface area contributed by atoms with E-state index in [0.29, 0.717) is 0 Å². The average molecular weight is 163 g/mol. The summed E-state index contributed by atoms with van der Waals surface area (Å²) in [4.78, 5) is 4.26. The van der Waals surface area contributed by atoms with Crippen molar-refractivity contribution in [3.05, 3.63) is 29.6 Å². The van der Waals surface area contributed by atoms with E-state index in [9.17, 15) is 0 Å². The smallest absolute Gasteiger partial charge is 0.0435 e. The lowest BCUT2D eigenvalue weighted by Crippen LogP contribution is -1.83. The molecule has 2 rings (SSSR count). The van der Waals surface area contributed by atoms with Crippen LogP contribution in [0.3, 0.4) is 0 Å². The lowest BCUT2D eigenvalue weighted by Gasteiger charge is -1.92. The predicted molar refractivity (Wildman–Crippen MR) is 52.2 cm³/mol. The third-order valence-corrected chi connectivity index (χ3v) is 1.84. The summed E-state index contributed by atoms with van der Waals surface area (Å²) in [5.41, 5.74) is 2.77. The Morgan fingerprint density at radius 2 is 2.08 bits per heavy atom. The van der Waals surface area contributed by atoms with Gasteiger partial charge < -0.3 is 0 Å². The third-order valence-electron chi connectivity index (χ3n) is 1.84. The van der Waals surface area contributed by atoms with E-state index in [2.05, 4.69) is 24.9 Å². The molecule has 0 aromatic carbocycles. The van der Waals surface area contributed by atoms with Crippen LogP contribution < -0.4 is 0 Å². The molecule has 1 aromatic heterocycles. The number of hydrogen-bond acceptors (Lipinski definition) is 1. The highest BCUT2D eigenvalue weighted by Gasteiger charge is 2.08. The van der Waals surface area contributed by atoms with Crippen molar-refractivity contribution in [1.82, 2.24) is 4.98 Å². The lowest BCUT2D eigenvalue weighted by atomic mass is 10.2. The van der Waals surface area contributed by atoms with Gasteiger partial charge in [0.2, 0.25) is 0 Å². The summed E-state index contributed by atoms with van der Waals surface area (Å²) in [5.74, 6) is 0. The Morgan fingerprint density at radius 3 is 2.75 bits per heavy atom. The molecule has 1 heteroatoms. The van der Waals surface area contributed by atoms with Gasteiger partial charge in [-0.15, -0.1) is 0 Å². The van der Waals surface area contributed by atoms with Crippen LogP contribution in [-0.4, -0.2) is 4.98 Å². The van der Waals surface area contributed by atoms with Crippen LogP contribution in [0, 0.1) is 0 Å². The second-order valence-corrected chi connectivity index (χ2v) is 3.17. The summed E-state index contributed by atoms with van der Waals surface area (Å²) in [6, 6.07) is 4.19. The van der Waals surface area contributed by atoms with Gasteiger partial charge in [-0.3, -0.25) is 4.98 Å². The van der Waals surface area contributed by atoms with Crippen molar-refractivity contribution in [2.75, 3.05) is 0 Å². The molecule has 0 fully saturated rings. The van der Waals surface area contributed by atoms with Crippen LogP contribution in [-0.2, 0) is 12.8 Å². The number of rotatable bonds is 0. The second kappa shape index (κ2) is 4.91. The summed E-state index contributed by atoms with van der Waals surface area (Å²) < 4.78 is 0. The van der Waals surface area contributed by atoms with Gasteiger partial charge in [0, 0.05) is 11.9 Å². The topological polar surface area (TPSA) is 12.9 Å². The standard InChI is InChI=1S/C8H9N.C3H8/c1-3-7-4-2-6-9-8(7)5-1;1-3-2/h2,4,6H,1,3,5H2;3H2,1-2H3. The van der Waals surface area contributed by atoms with E-state index >= 15 is 0 Å². The molecular formula is C11H17N. The number of hydrogen-bond donors (Lipinski definition) is 0. The van der Waals surface area contributed by atoms with Crippen molar-refractivity contribution in [3.63, 3.8) is 0 Å². The zero-order chi connectivity index (χ0) is 8.81. The molecule has 0 amide bonds.